The second kappa shape index (κ2) is 5.61. The summed E-state index contributed by atoms with van der Waals surface area (Å²) < 4.78 is 0. The molecule has 0 spiro atoms. The molecule has 1 atom stereocenters. The molecule has 1 fully saturated rings. The van der Waals surface area contributed by atoms with Crippen LogP contribution in [0.1, 0.15) is 26.2 Å². The monoisotopic (exact) mass is 181 g/mol. The van der Waals surface area contributed by atoms with Gasteiger partial charge in [-0.3, -0.25) is 0 Å². The number of rotatable bonds is 1. The Kier molecular flexibility index (Phi) is 5.61. The van der Waals surface area contributed by atoms with Crippen molar-refractivity contribution >= 4 is 0 Å². The average molecular weight is 181 g/mol. The number of hydrazine groups is 1. The van der Waals surface area contributed by atoms with E-state index < -0.39 is 0 Å². The molecule has 0 aromatic carbocycles. The fourth-order valence-electron chi connectivity index (χ4n) is 1.38. The Hall–Kier alpha value is 0. The van der Waals surface area contributed by atoms with Crippen LogP contribution in [0.25, 0.3) is 0 Å². The largest absolute Gasteiger partial charge is 1.00 e. The van der Waals surface area contributed by atoms with Gasteiger partial charge in [0, 0.05) is 4.97 Å². The molecule has 1 rings (SSSR count). The van der Waals surface area contributed by atoms with Crippen LogP contribution < -0.4 is 29.6 Å². The predicted molar refractivity (Wildman–Crippen MR) is 39.4 cm³/mol. The van der Waals surface area contributed by atoms with Gasteiger partial charge in [-0.2, -0.15) is 0 Å². The molecule has 0 aliphatic carbocycles. The Labute approximate surface area is 93.9 Å². The average Bonchev–Trinajstić information content (AvgIpc) is 2.04. The maximum Gasteiger partial charge on any atom is 1.00 e. The molecule has 0 bridgehead atoms. The zero-order valence-electron chi connectivity index (χ0n) is 7.56. The topological polar surface area (TPSA) is 64.7 Å². The van der Waals surface area contributed by atoms with Crippen molar-refractivity contribution < 1.29 is 34.5 Å². The zero-order chi connectivity index (χ0) is 8.27. The molecule has 1 heterocycles. The molecule has 0 saturated carbocycles. The Balaban J connectivity index is 0.00000121. The summed E-state index contributed by atoms with van der Waals surface area (Å²) in [7, 11) is 0. The second-order valence-corrected chi connectivity index (χ2v) is 2.84. The third kappa shape index (κ3) is 2.80. The maximum atomic E-state index is 10.7. The normalized spacial score (nSPS) is 24.9. The van der Waals surface area contributed by atoms with Crippen molar-refractivity contribution in [3.63, 3.8) is 0 Å². The van der Waals surface area contributed by atoms with Crippen LogP contribution >= 0.6 is 0 Å². The van der Waals surface area contributed by atoms with E-state index in [1.54, 1.807) is 0 Å². The van der Waals surface area contributed by atoms with Crippen molar-refractivity contribution in [2.45, 2.75) is 32.2 Å². The van der Waals surface area contributed by atoms with Gasteiger partial charge in [-0.05, 0) is 31.5 Å². The van der Waals surface area contributed by atoms with Gasteiger partial charge in [0.05, 0.1) is 12.6 Å². The van der Waals surface area contributed by atoms with E-state index in [1.165, 1.54) is 5.01 Å². The molecule has 0 amide bonds. The molecule has 0 aromatic rings. The minimum atomic E-state index is 0. The molecule has 1 aliphatic rings. The Morgan fingerprint density at radius 1 is 1.50 bits per heavy atom. The summed E-state index contributed by atoms with van der Waals surface area (Å²) in [5, 5.41) is 24.4. The van der Waals surface area contributed by atoms with Crippen LogP contribution in [0.3, 0.4) is 0 Å². The fourth-order valence-corrected chi connectivity index (χ4v) is 1.38. The Bertz CT molecular complexity index is 165. The molecule has 64 valence electrons. The molecule has 1 saturated heterocycles. The van der Waals surface area contributed by atoms with E-state index in [-0.39, 0.29) is 40.6 Å². The molecule has 0 N–H and O–H groups in total. The first-order valence-corrected chi connectivity index (χ1v) is 3.83. The van der Waals surface area contributed by atoms with Crippen LogP contribution in [0.2, 0.25) is 0 Å². The first kappa shape index (κ1) is 12.0. The van der Waals surface area contributed by atoms with Crippen molar-refractivity contribution in [3.8, 4) is 0 Å². The van der Waals surface area contributed by atoms with Crippen molar-refractivity contribution in [1.29, 1.82) is 0 Å². The summed E-state index contributed by atoms with van der Waals surface area (Å²) in [4.78, 5) is 0.157. The predicted octanol–water partition coefficient (Wildman–Crippen LogP) is -1.76. The molecule has 1 aliphatic heterocycles. The van der Waals surface area contributed by atoms with Crippen LogP contribution in [-0.2, 0) is 0 Å². The molecule has 0 aromatic heterocycles. The van der Waals surface area contributed by atoms with Gasteiger partial charge >= 0.3 is 29.6 Å². The number of nitrogens with zero attached hydrogens (tertiary/aromatic N) is 3. The fraction of sp³-hybridized carbons (Fsp3) is 1.00. The molecule has 1 unspecified atom stereocenters. The van der Waals surface area contributed by atoms with Gasteiger partial charge in [0.1, 0.15) is 0 Å². The molecular weight excluding hydrogens is 169 g/mol. The van der Waals surface area contributed by atoms with E-state index in [4.69, 9.17) is 0 Å². The van der Waals surface area contributed by atoms with Crippen LogP contribution in [-0.4, -0.2) is 22.6 Å². The SMILES string of the molecule is CC1CCCCN1[N+]([O-])=N[O-].[Na+]. The van der Waals surface area contributed by atoms with Crippen LogP contribution in [0.4, 0.5) is 0 Å². The summed E-state index contributed by atoms with van der Waals surface area (Å²) in [5.41, 5.74) is 0. The third-order valence-electron chi connectivity index (χ3n) is 2.06. The number of hydrogen-bond donors (Lipinski definition) is 0. The van der Waals surface area contributed by atoms with Gasteiger partial charge < -0.3 is 10.4 Å². The third-order valence-corrected chi connectivity index (χ3v) is 2.06. The van der Waals surface area contributed by atoms with Crippen LogP contribution in [0.15, 0.2) is 5.28 Å². The summed E-state index contributed by atoms with van der Waals surface area (Å²) >= 11 is 0. The van der Waals surface area contributed by atoms with E-state index in [0.29, 0.717) is 6.54 Å². The number of piperidine rings is 1. The summed E-state index contributed by atoms with van der Waals surface area (Å²) in [5.74, 6) is 0. The minimum Gasteiger partial charge on any atom is -0.737 e. The van der Waals surface area contributed by atoms with Crippen molar-refractivity contribution in [2.75, 3.05) is 6.54 Å². The molecule has 6 heteroatoms. The summed E-state index contributed by atoms with van der Waals surface area (Å²) in [6, 6.07) is 0.152. The summed E-state index contributed by atoms with van der Waals surface area (Å²) in [6.45, 7) is 2.58. The smallest absolute Gasteiger partial charge is 0.737 e. The van der Waals surface area contributed by atoms with E-state index >= 15 is 0 Å². The molecule has 5 nitrogen and oxygen atoms in total. The van der Waals surface area contributed by atoms with E-state index in [2.05, 4.69) is 5.28 Å². The maximum absolute atomic E-state index is 10.7. The Morgan fingerprint density at radius 3 is 2.67 bits per heavy atom. The van der Waals surface area contributed by atoms with Gasteiger partial charge in [-0.15, -0.1) is 5.01 Å². The van der Waals surface area contributed by atoms with Gasteiger partial charge in [0.25, 0.3) is 0 Å². The van der Waals surface area contributed by atoms with Crippen molar-refractivity contribution in [2.24, 2.45) is 5.28 Å². The van der Waals surface area contributed by atoms with Crippen molar-refractivity contribution in [3.05, 3.63) is 10.4 Å². The van der Waals surface area contributed by atoms with Gasteiger partial charge in [0.2, 0.25) is 0 Å². The molecular formula is C6H12N3NaO2. The van der Waals surface area contributed by atoms with Crippen LogP contribution in [0, 0.1) is 10.4 Å². The first-order valence-electron chi connectivity index (χ1n) is 3.83. The second-order valence-electron chi connectivity index (χ2n) is 2.84. The standard InChI is InChI=1S/C6H13N3O2.Na/c1-6-4-2-3-5-8(6)9(11)7-10;/h6,10H,2-5H2,1H3;/q;+1/p-1. The minimum absolute atomic E-state index is 0. The van der Waals surface area contributed by atoms with Gasteiger partial charge in [-0.1, -0.05) is 0 Å². The Morgan fingerprint density at radius 2 is 2.17 bits per heavy atom. The zero-order valence-corrected chi connectivity index (χ0v) is 9.56. The number of hydrogen-bond acceptors (Lipinski definition) is 3. The summed E-state index contributed by atoms with van der Waals surface area (Å²) in [6.07, 6.45) is 3.07. The van der Waals surface area contributed by atoms with E-state index in [9.17, 15) is 10.4 Å². The van der Waals surface area contributed by atoms with Crippen molar-refractivity contribution in [1.82, 2.24) is 5.01 Å². The molecule has 0 radical (unpaired) electrons. The first-order chi connectivity index (χ1) is 5.25. The van der Waals surface area contributed by atoms with E-state index in [0.717, 1.165) is 19.3 Å². The van der Waals surface area contributed by atoms with Gasteiger partial charge in [-0.25, -0.2) is 0 Å². The quantitative estimate of drug-likeness (QED) is 0.208. The van der Waals surface area contributed by atoms with Gasteiger partial charge in [0.15, 0.2) is 0 Å². The molecule has 12 heavy (non-hydrogen) atoms. The van der Waals surface area contributed by atoms with E-state index in [1.807, 2.05) is 6.92 Å². The van der Waals surface area contributed by atoms with Crippen LogP contribution in [0.5, 0.6) is 0 Å².